The molecule has 36 heavy (non-hydrogen) atoms. The highest BCUT2D eigenvalue weighted by atomic mass is 32.2. The van der Waals surface area contributed by atoms with E-state index in [1.165, 1.54) is 75.6 Å². The number of hydrogen-bond donors (Lipinski definition) is 0. The van der Waals surface area contributed by atoms with Crippen molar-refractivity contribution < 1.29 is 0 Å². The minimum absolute atomic E-state index is 0.128. The molecule has 2 nitrogen and oxygen atoms in total. The van der Waals surface area contributed by atoms with Crippen LogP contribution in [-0.2, 0) is 0 Å². The highest BCUT2D eigenvalue weighted by molar-refractivity contribution is 8.00. The number of rotatable bonds is 0. The summed E-state index contributed by atoms with van der Waals surface area (Å²) in [6.07, 6.45) is 0. The lowest BCUT2D eigenvalue weighted by Gasteiger charge is -2.49. The van der Waals surface area contributed by atoms with Gasteiger partial charge >= 0.3 is 6.85 Å². The van der Waals surface area contributed by atoms with Gasteiger partial charge < -0.3 is 9.71 Å². The summed E-state index contributed by atoms with van der Waals surface area (Å²) in [5, 5.41) is 0. The molecule has 0 amide bonds. The Morgan fingerprint density at radius 1 is 0.583 bits per heavy atom. The second kappa shape index (κ2) is 6.81. The number of fused-ring (bicyclic) bond motifs is 8. The highest BCUT2D eigenvalue weighted by Gasteiger charge is 2.48. The van der Waals surface area contributed by atoms with Crippen molar-refractivity contribution in [3.63, 3.8) is 0 Å². The molecule has 5 heteroatoms. The topological polar surface area (TPSA) is 6.48 Å². The van der Waals surface area contributed by atoms with Crippen LogP contribution >= 0.6 is 23.5 Å². The molecule has 5 aromatic rings. The zero-order valence-electron chi connectivity index (χ0n) is 19.5. The van der Waals surface area contributed by atoms with Crippen LogP contribution in [0.3, 0.4) is 0 Å². The Hall–Kier alpha value is -3.54. The Morgan fingerprint density at radius 2 is 1.25 bits per heavy atom. The van der Waals surface area contributed by atoms with Gasteiger partial charge in [-0.25, -0.2) is 0 Å². The van der Waals surface area contributed by atoms with Crippen LogP contribution < -0.4 is 20.6 Å². The quantitative estimate of drug-likeness (QED) is 0.200. The van der Waals surface area contributed by atoms with Gasteiger partial charge in [-0.3, -0.25) is 0 Å². The molecule has 9 rings (SSSR count). The van der Waals surface area contributed by atoms with E-state index in [2.05, 4.69) is 114 Å². The van der Waals surface area contributed by atoms with Crippen LogP contribution in [0.4, 0.5) is 28.4 Å². The lowest BCUT2D eigenvalue weighted by atomic mass is 9.43. The maximum absolute atomic E-state index is 2.63. The first-order valence-corrected chi connectivity index (χ1v) is 14.0. The smallest absolute Gasteiger partial charge is 0.333 e. The molecule has 0 spiro atoms. The molecule has 0 saturated heterocycles. The summed E-state index contributed by atoms with van der Waals surface area (Å²) >= 11 is 3.79. The van der Waals surface area contributed by atoms with Gasteiger partial charge in [0, 0.05) is 36.5 Å². The molecule has 0 saturated carbocycles. The van der Waals surface area contributed by atoms with Crippen LogP contribution in [0.5, 0.6) is 0 Å². The van der Waals surface area contributed by atoms with Crippen LogP contribution in [0.1, 0.15) is 5.56 Å². The van der Waals surface area contributed by atoms with Gasteiger partial charge in [0.1, 0.15) is 0 Å². The lowest BCUT2D eigenvalue weighted by Crippen LogP contribution is -2.62. The van der Waals surface area contributed by atoms with E-state index >= 15 is 0 Å². The number of hydrogen-bond acceptors (Lipinski definition) is 4. The van der Waals surface area contributed by atoms with E-state index in [0.29, 0.717) is 0 Å². The molecular formula is C31H19BN2S2. The predicted octanol–water partition coefficient (Wildman–Crippen LogP) is 7.63. The van der Waals surface area contributed by atoms with E-state index in [1.54, 1.807) is 0 Å². The van der Waals surface area contributed by atoms with Crippen LogP contribution in [0.15, 0.2) is 117 Å². The third kappa shape index (κ3) is 2.33. The van der Waals surface area contributed by atoms with E-state index in [1.807, 2.05) is 23.5 Å². The molecule has 0 atom stereocenters. The average molecular weight is 494 g/mol. The standard InChI is InChI=1S/C31H19BN2S2/c1-18-16-20-19-8-6-14-27-30(19)34(23-11-3-5-13-26(23)36-27)32-21-9-7-15-28-31(21)33(24(17-18)29(20)32)22-10-2-4-12-25(22)35-28/h2-17H,1H3. The van der Waals surface area contributed by atoms with Crippen molar-refractivity contribution in [1.29, 1.82) is 0 Å². The zero-order valence-corrected chi connectivity index (χ0v) is 21.2. The molecule has 4 aliphatic heterocycles. The van der Waals surface area contributed by atoms with Crippen molar-refractivity contribution in [2.45, 2.75) is 26.5 Å². The molecular weight excluding hydrogens is 475 g/mol. The second-order valence-corrected chi connectivity index (χ2v) is 12.0. The van der Waals surface area contributed by atoms with Gasteiger partial charge in [-0.1, -0.05) is 78.1 Å². The van der Waals surface area contributed by atoms with Crippen molar-refractivity contribution in [3.8, 4) is 11.1 Å². The molecule has 4 heterocycles. The van der Waals surface area contributed by atoms with Gasteiger partial charge in [0.2, 0.25) is 0 Å². The van der Waals surface area contributed by atoms with E-state index < -0.39 is 0 Å². The fourth-order valence-electron chi connectivity index (χ4n) is 6.52. The SMILES string of the molecule is Cc1cc2c3c(c1)N1c4ccccc4Sc4cccc(c41)B3N1c3ccccc3Sc3cccc-2c31. The van der Waals surface area contributed by atoms with Crippen LogP contribution in [-0.4, -0.2) is 6.85 Å². The fourth-order valence-corrected chi connectivity index (χ4v) is 8.72. The predicted molar refractivity (Wildman–Crippen MR) is 153 cm³/mol. The maximum atomic E-state index is 2.63. The summed E-state index contributed by atoms with van der Waals surface area (Å²) in [5.74, 6) is 0. The van der Waals surface area contributed by atoms with Crippen molar-refractivity contribution >= 4 is 69.7 Å². The first kappa shape index (κ1) is 19.6. The molecule has 0 unspecified atom stereocenters. The Balaban J connectivity index is 1.46. The minimum atomic E-state index is 0.128. The molecule has 0 N–H and O–H groups in total. The van der Waals surface area contributed by atoms with Crippen LogP contribution in [0.2, 0.25) is 0 Å². The normalized spacial score (nSPS) is 15.0. The Labute approximate surface area is 219 Å². The molecule has 0 aromatic heterocycles. The molecule has 0 aliphatic carbocycles. The van der Waals surface area contributed by atoms with Crippen LogP contribution in [0.25, 0.3) is 11.1 Å². The maximum Gasteiger partial charge on any atom is 0.333 e. The molecule has 4 aliphatic rings. The zero-order chi connectivity index (χ0) is 23.5. The van der Waals surface area contributed by atoms with E-state index in [4.69, 9.17) is 0 Å². The monoisotopic (exact) mass is 494 g/mol. The van der Waals surface area contributed by atoms with Crippen molar-refractivity contribution in [1.82, 2.24) is 0 Å². The van der Waals surface area contributed by atoms with Gasteiger partial charge in [0.15, 0.2) is 0 Å². The van der Waals surface area contributed by atoms with Crippen LogP contribution in [0, 0.1) is 6.92 Å². The third-order valence-electron chi connectivity index (χ3n) is 7.82. The summed E-state index contributed by atoms with van der Waals surface area (Å²) in [5.41, 5.74) is 13.4. The van der Waals surface area contributed by atoms with Gasteiger partial charge in [0.25, 0.3) is 0 Å². The van der Waals surface area contributed by atoms with E-state index in [-0.39, 0.29) is 6.85 Å². The summed E-state index contributed by atoms with van der Waals surface area (Å²) in [4.78, 5) is 10.5. The first-order chi connectivity index (χ1) is 17.8. The summed E-state index contributed by atoms with van der Waals surface area (Å²) in [6.45, 7) is 2.37. The number of para-hydroxylation sites is 4. The first-order valence-electron chi connectivity index (χ1n) is 12.3. The van der Waals surface area contributed by atoms with E-state index in [0.717, 1.165) is 0 Å². The Bertz CT molecular complexity index is 1800. The largest absolute Gasteiger partial charge is 0.374 e. The van der Waals surface area contributed by atoms with Gasteiger partial charge in [-0.2, -0.15) is 0 Å². The summed E-state index contributed by atoms with van der Waals surface area (Å²) in [7, 11) is 0. The molecule has 5 aromatic carbocycles. The van der Waals surface area contributed by atoms with Gasteiger partial charge in [-0.15, -0.1) is 0 Å². The van der Waals surface area contributed by atoms with Gasteiger partial charge in [-0.05, 0) is 71.4 Å². The average Bonchev–Trinajstić information content (AvgIpc) is 2.91. The number of benzene rings is 5. The van der Waals surface area contributed by atoms with Crippen molar-refractivity contribution in [2.24, 2.45) is 0 Å². The third-order valence-corrected chi connectivity index (χ3v) is 10.1. The molecule has 0 fully saturated rings. The lowest BCUT2D eigenvalue weighted by molar-refractivity contribution is 1.15. The Kier molecular flexibility index (Phi) is 3.72. The van der Waals surface area contributed by atoms with Crippen molar-refractivity contribution in [2.75, 3.05) is 9.71 Å². The Morgan fingerprint density at radius 3 is 2.08 bits per heavy atom. The molecule has 168 valence electrons. The molecule has 0 bridgehead atoms. The van der Waals surface area contributed by atoms with Gasteiger partial charge in [0.05, 0.1) is 17.1 Å². The van der Waals surface area contributed by atoms with Crippen molar-refractivity contribution in [3.05, 3.63) is 103 Å². The summed E-state index contributed by atoms with van der Waals surface area (Å²) < 4.78 is 0. The highest BCUT2D eigenvalue weighted by Crippen LogP contribution is 2.57. The fraction of sp³-hybridized carbons (Fsp3) is 0.0323. The minimum Gasteiger partial charge on any atom is -0.374 e. The summed E-state index contributed by atoms with van der Waals surface area (Å²) in [6, 6.07) is 36.3. The van der Waals surface area contributed by atoms with E-state index in [9.17, 15) is 0 Å². The second-order valence-electron chi connectivity index (χ2n) is 9.84. The molecule has 0 radical (unpaired) electrons. The number of aryl methyl sites for hydroxylation is 1. The number of anilines is 5. The number of nitrogens with zero attached hydrogens (tertiary/aromatic N) is 2.